The zero-order valence-corrected chi connectivity index (χ0v) is 27.3. The first-order valence-electron chi connectivity index (χ1n) is 17.0. The smallest absolute Gasteiger partial charge is 0.305 e. The molecule has 5 heteroatoms. The highest BCUT2D eigenvalue weighted by Crippen LogP contribution is 2.77. The highest BCUT2D eigenvalue weighted by molar-refractivity contribution is 5.88. The third-order valence-corrected chi connectivity index (χ3v) is 15.0. The van der Waals surface area contributed by atoms with Crippen LogP contribution in [0, 0.1) is 62.6 Å². The normalized spacial score (nSPS) is 46.6. The average molecular weight is 571 g/mol. The van der Waals surface area contributed by atoms with E-state index in [1.165, 1.54) is 25.7 Å². The second-order valence-electron chi connectivity index (χ2n) is 16.8. The van der Waals surface area contributed by atoms with Gasteiger partial charge in [0.15, 0.2) is 0 Å². The fraction of sp³-hybridized carbons (Fsp3) is 0.917. The molecule has 0 spiro atoms. The topological polar surface area (TPSA) is 80.7 Å². The van der Waals surface area contributed by atoms with E-state index in [0.29, 0.717) is 41.9 Å². The molecule has 0 bridgehead atoms. The maximum Gasteiger partial charge on any atom is 0.305 e. The van der Waals surface area contributed by atoms with E-state index in [-0.39, 0.29) is 57.8 Å². The number of esters is 1. The van der Waals surface area contributed by atoms with Crippen LogP contribution in [0.1, 0.15) is 139 Å². The number of hydrogen-bond acceptors (Lipinski definition) is 4. The minimum Gasteiger partial charge on any atom is -0.481 e. The molecule has 5 unspecified atom stereocenters. The van der Waals surface area contributed by atoms with Crippen LogP contribution in [0.3, 0.4) is 0 Å². The quantitative estimate of drug-likeness (QED) is 0.311. The molecule has 1 N–H and O–H groups in total. The molecule has 0 saturated heterocycles. The summed E-state index contributed by atoms with van der Waals surface area (Å²) in [4.78, 5) is 37.7. The third kappa shape index (κ3) is 4.39. The zero-order valence-electron chi connectivity index (χ0n) is 27.3. The van der Waals surface area contributed by atoms with Gasteiger partial charge in [0.2, 0.25) is 0 Å². The Balaban J connectivity index is 1.48. The number of ketones is 1. The van der Waals surface area contributed by atoms with Crippen LogP contribution in [-0.4, -0.2) is 28.9 Å². The Labute approximate surface area is 249 Å². The van der Waals surface area contributed by atoms with Crippen LogP contribution in [0.5, 0.6) is 0 Å². The molecule has 0 radical (unpaired) electrons. The molecule has 0 amide bonds. The Kier molecular flexibility index (Phi) is 7.84. The molecule has 0 aliphatic heterocycles. The van der Waals surface area contributed by atoms with Crippen molar-refractivity contribution < 1.29 is 24.2 Å². The molecule has 5 fully saturated rings. The van der Waals surface area contributed by atoms with E-state index >= 15 is 0 Å². The lowest BCUT2D eigenvalue weighted by atomic mass is 9.32. The molecule has 0 aromatic carbocycles. The van der Waals surface area contributed by atoms with Crippen LogP contribution in [-0.2, 0) is 19.1 Å². The van der Waals surface area contributed by atoms with Gasteiger partial charge < -0.3 is 9.84 Å². The molecule has 5 saturated carbocycles. The van der Waals surface area contributed by atoms with Gasteiger partial charge in [-0.25, -0.2) is 0 Å². The predicted octanol–water partition coefficient (Wildman–Crippen LogP) is 8.48. The number of Topliss-reactive ketones (excluding diaryl/α,β-unsaturated/α-hetero) is 1. The van der Waals surface area contributed by atoms with Crippen molar-refractivity contribution in [3.63, 3.8) is 0 Å². The van der Waals surface area contributed by atoms with E-state index in [9.17, 15) is 19.5 Å². The Bertz CT molecular complexity index is 1060. The van der Waals surface area contributed by atoms with Gasteiger partial charge in [0, 0.05) is 23.7 Å². The van der Waals surface area contributed by atoms with Crippen LogP contribution in [0.15, 0.2) is 0 Å². The Morgan fingerprint density at radius 1 is 0.805 bits per heavy atom. The lowest BCUT2D eigenvalue weighted by molar-refractivity contribution is -0.250. The summed E-state index contributed by atoms with van der Waals surface area (Å²) < 4.78 is 6.06. The number of carbonyl (C=O) groups is 3. The first-order valence-corrected chi connectivity index (χ1v) is 17.0. The lowest BCUT2D eigenvalue weighted by Crippen LogP contribution is -2.67. The number of hydrogen-bond donors (Lipinski definition) is 1. The van der Waals surface area contributed by atoms with Crippen LogP contribution < -0.4 is 0 Å². The van der Waals surface area contributed by atoms with Crippen LogP contribution in [0.4, 0.5) is 0 Å². The molecule has 41 heavy (non-hydrogen) atoms. The predicted molar refractivity (Wildman–Crippen MR) is 161 cm³/mol. The number of carbonyl (C=O) groups excluding carboxylic acids is 2. The van der Waals surface area contributed by atoms with E-state index in [1.54, 1.807) is 0 Å². The van der Waals surface area contributed by atoms with Crippen LogP contribution >= 0.6 is 0 Å². The summed E-state index contributed by atoms with van der Waals surface area (Å²) in [5.74, 6) is 2.48. The molecule has 5 aliphatic carbocycles. The summed E-state index contributed by atoms with van der Waals surface area (Å²) in [6.07, 6.45) is 11.6. The van der Waals surface area contributed by atoms with Crippen LogP contribution in [0.25, 0.3) is 0 Å². The molecule has 5 aliphatic rings. The van der Waals surface area contributed by atoms with E-state index < -0.39 is 5.97 Å². The molecule has 0 aromatic heterocycles. The van der Waals surface area contributed by atoms with Gasteiger partial charge in [-0.2, -0.15) is 0 Å². The fourth-order valence-corrected chi connectivity index (χ4v) is 12.8. The number of carboxylic acid groups (broad SMARTS) is 1. The lowest BCUT2D eigenvalue weighted by Gasteiger charge is -2.73. The van der Waals surface area contributed by atoms with E-state index in [0.717, 1.165) is 38.5 Å². The van der Waals surface area contributed by atoms with Crippen molar-refractivity contribution in [1.29, 1.82) is 0 Å². The summed E-state index contributed by atoms with van der Waals surface area (Å²) in [6.45, 7) is 19.1. The summed E-state index contributed by atoms with van der Waals surface area (Å²) >= 11 is 0. The monoisotopic (exact) mass is 570 g/mol. The van der Waals surface area contributed by atoms with Crippen LogP contribution in [0.2, 0.25) is 0 Å². The van der Waals surface area contributed by atoms with Crippen molar-refractivity contribution in [3.05, 3.63) is 0 Å². The number of fused-ring (bicyclic) bond motifs is 7. The second-order valence-corrected chi connectivity index (χ2v) is 16.8. The van der Waals surface area contributed by atoms with Gasteiger partial charge in [-0.05, 0) is 116 Å². The first-order chi connectivity index (χ1) is 19.1. The maximum absolute atomic E-state index is 14.0. The van der Waals surface area contributed by atoms with Crippen molar-refractivity contribution in [2.75, 3.05) is 0 Å². The van der Waals surface area contributed by atoms with Gasteiger partial charge in [-0.1, -0.05) is 55.4 Å². The van der Waals surface area contributed by atoms with Gasteiger partial charge in [-0.3, -0.25) is 14.4 Å². The molecule has 232 valence electrons. The summed E-state index contributed by atoms with van der Waals surface area (Å²) in [7, 11) is 0. The number of rotatable bonds is 7. The SMILES string of the molecule is CCC(=O)O[C@@H]1CC[C@@]2(C)C(CC[C@]3(C)C2CCC2C4C(C(C)C)CC[C@]4(C(=O)CCC(=O)O)CC[C@]23C)C1(C)C. The average Bonchev–Trinajstić information content (AvgIpc) is 3.30. The third-order valence-electron chi connectivity index (χ3n) is 15.0. The Hall–Kier alpha value is -1.39. The van der Waals surface area contributed by atoms with Gasteiger partial charge >= 0.3 is 11.9 Å². The molecule has 10 atom stereocenters. The minimum absolute atomic E-state index is 0.00158. The van der Waals surface area contributed by atoms with Crippen molar-refractivity contribution in [2.24, 2.45) is 62.6 Å². The number of aliphatic carboxylic acids is 1. The summed E-state index contributed by atoms with van der Waals surface area (Å²) in [6, 6.07) is 0. The van der Waals surface area contributed by atoms with Crippen molar-refractivity contribution in [2.45, 2.75) is 145 Å². The molecular formula is C36H58O5. The number of ether oxygens (including phenoxy) is 1. The van der Waals surface area contributed by atoms with Gasteiger partial charge in [0.05, 0.1) is 6.42 Å². The van der Waals surface area contributed by atoms with E-state index in [4.69, 9.17) is 4.74 Å². The Morgan fingerprint density at radius 2 is 1.51 bits per heavy atom. The Morgan fingerprint density at radius 3 is 2.15 bits per heavy atom. The minimum atomic E-state index is -0.856. The fourth-order valence-electron chi connectivity index (χ4n) is 12.8. The van der Waals surface area contributed by atoms with E-state index in [2.05, 4.69) is 48.5 Å². The van der Waals surface area contributed by atoms with Gasteiger partial charge in [0.1, 0.15) is 11.9 Å². The standard InChI is InChI=1S/C36H58O5/c1-9-30(40)41-28-16-17-33(6)25(32(28,4)5)15-18-35(8)26(33)11-10-24-31-23(22(2)3)14-19-36(31,21-20-34(24,35)7)27(37)12-13-29(38)39/h22-26,28,31H,9-21H2,1-8H3,(H,38,39)/t23?,24?,25?,26?,28-,31?,33+,34-,35-,36-/m1/s1. The van der Waals surface area contributed by atoms with E-state index in [1.807, 2.05) is 6.92 Å². The first kappa shape index (κ1) is 31.0. The molecule has 0 aromatic rings. The van der Waals surface area contributed by atoms with Crippen molar-refractivity contribution in [1.82, 2.24) is 0 Å². The molecule has 0 heterocycles. The number of carboxylic acids is 1. The van der Waals surface area contributed by atoms with Gasteiger partial charge in [0.25, 0.3) is 0 Å². The molecular weight excluding hydrogens is 512 g/mol. The highest BCUT2D eigenvalue weighted by atomic mass is 16.5. The largest absolute Gasteiger partial charge is 0.481 e. The zero-order chi connectivity index (χ0) is 30.2. The highest BCUT2D eigenvalue weighted by Gasteiger charge is 2.71. The molecule has 5 nitrogen and oxygen atoms in total. The second kappa shape index (κ2) is 10.4. The van der Waals surface area contributed by atoms with Crippen molar-refractivity contribution >= 4 is 17.7 Å². The summed E-state index contributed by atoms with van der Waals surface area (Å²) in [5, 5.41) is 9.38. The van der Waals surface area contributed by atoms with Gasteiger partial charge in [-0.15, -0.1) is 0 Å². The summed E-state index contributed by atoms with van der Waals surface area (Å²) in [5.41, 5.74) is 0.257. The van der Waals surface area contributed by atoms with Crippen molar-refractivity contribution in [3.8, 4) is 0 Å². The maximum atomic E-state index is 14.0. The molecule has 5 rings (SSSR count).